The van der Waals surface area contributed by atoms with Gasteiger partial charge < -0.3 is 10.1 Å². The van der Waals surface area contributed by atoms with E-state index < -0.39 is 0 Å². The summed E-state index contributed by atoms with van der Waals surface area (Å²) < 4.78 is 0. The van der Waals surface area contributed by atoms with Crippen molar-refractivity contribution >= 4 is 34.3 Å². The predicted molar refractivity (Wildman–Crippen MR) is 82.6 cm³/mol. The molecule has 0 amide bonds. The Morgan fingerprint density at radius 1 is 1.44 bits per heavy atom. The van der Waals surface area contributed by atoms with Crippen LogP contribution in [0, 0.1) is 11.8 Å². The van der Waals surface area contributed by atoms with E-state index in [0.717, 1.165) is 6.42 Å². The Hall–Kier alpha value is 0.460. The first kappa shape index (κ1) is 14.9. The number of fused-ring (bicyclic) bond motifs is 1. The van der Waals surface area contributed by atoms with Crippen LogP contribution in [0.25, 0.3) is 0 Å². The molecule has 2 nitrogen and oxygen atoms in total. The number of hydrogen-bond acceptors (Lipinski definition) is 3. The molecule has 1 aliphatic heterocycles. The SMILES string of the molecule is CC(=O)CCC1C(C)NC2CCC(Br)CC2C1S. The smallest absolute Gasteiger partial charge is 0.129 e. The van der Waals surface area contributed by atoms with Gasteiger partial charge in [0, 0.05) is 28.6 Å². The second-order valence-electron chi connectivity index (χ2n) is 6.03. The molecule has 0 bridgehead atoms. The molecule has 0 radical (unpaired) electrons. The van der Waals surface area contributed by atoms with Crippen molar-refractivity contribution in [2.45, 2.75) is 68.1 Å². The molecule has 1 aliphatic carbocycles. The second-order valence-corrected chi connectivity index (χ2v) is 7.92. The number of halogens is 1. The van der Waals surface area contributed by atoms with Gasteiger partial charge in [0.1, 0.15) is 5.78 Å². The van der Waals surface area contributed by atoms with E-state index in [0.29, 0.717) is 46.2 Å². The van der Waals surface area contributed by atoms with Crippen molar-refractivity contribution in [1.29, 1.82) is 0 Å². The summed E-state index contributed by atoms with van der Waals surface area (Å²) in [5.41, 5.74) is 0. The molecule has 104 valence electrons. The van der Waals surface area contributed by atoms with Gasteiger partial charge in [0.05, 0.1) is 0 Å². The maximum absolute atomic E-state index is 11.2. The summed E-state index contributed by atoms with van der Waals surface area (Å²) in [7, 11) is 0. The van der Waals surface area contributed by atoms with Crippen molar-refractivity contribution in [2.24, 2.45) is 11.8 Å². The fourth-order valence-electron chi connectivity index (χ4n) is 3.60. The summed E-state index contributed by atoms with van der Waals surface area (Å²) in [6.07, 6.45) is 5.41. The summed E-state index contributed by atoms with van der Waals surface area (Å²) >= 11 is 8.67. The second kappa shape index (κ2) is 6.27. The molecule has 6 atom stereocenters. The predicted octanol–water partition coefficient (Wildman–Crippen LogP) is 3.19. The molecule has 0 aromatic heterocycles. The maximum atomic E-state index is 11.2. The molecular formula is C14H24BrNOS. The minimum absolute atomic E-state index is 0.298. The zero-order valence-electron chi connectivity index (χ0n) is 11.2. The van der Waals surface area contributed by atoms with Crippen molar-refractivity contribution in [2.75, 3.05) is 0 Å². The van der Waals surface area contributed by atoms with E-state index in [4.69, 9.17) is 12.6 Å². The number of hydrogen-bond donors (Lipinski definition) is 2. The fraction of sp³-hybridized carbons (Fsp3) is 0.929. The van der Waals surface area contributed by atoms with Crippen LogP contribution in [-0.4, -0.2) is 27.9 Å². The molecule has 0 spiro atoms. The number of Topliss-reactive ketones (excluding diaryl/α,β-unsaturated/α-hetero) is 1. The molecule has 1 N–H and O–H groups in total. The van der Waals surface area contributed by atoms with Crippen molar-refractivity contribution in [1.82, 2.24) is 5.32 Å². The largest absolute Gasteiger partial charge is 0.311 e. The molecular weight excluding hydrogens is 310 g/mol. The van der Waals surface area contributed by atoms with Gasteiger partial charge in [-0.05, 0) is 51.4 Å². The lowest BCUT2D eigenvalue weighted by atomic mass is 9.72. The number of alkyl halides is 1. The minimum Gasteiger partial charge on any atom is -0.311 e. The van der Waals surface area contributed by atoms with Crippen LogP contribution in [0.4, 0.5) is 0 Å². The highest BCUT2D eigenvalue weighted by atomic mass is 79.9. The van der Waals surface area contributed by atoms with Gasteiger partial charge in [-0.25, -0.2) is 0 Å². The van der Waals surface area contributed by atoms with E-state index in [9.17, 15) is 4.79 Å². The van der Waals surface area contributed by atoms with Gasteiger partial charge in [0.25, 0.3) is 0 Å². The molecule has 1 saturated heterocycles. The highest BCUT2D eigenvalue weighted by Gasteiger charge is 2.43. The number of nitrogens with one attached hydrogen (secondary N) is 1. The summed E-state index contributed by atoms with van der Waals surface area (Å²) in [4.78, 5) is 11.8. The number of carbonyl (C=O) groups is 1. The Labute approximate surface area is 124 Å². The molecule has 2 fully saturated rings. The van der Waals surface area contributed by atoms with Crippen molar-refractivity contribution in [3.8, 4) is 0 Å². The third-order valence-corrected chi connectivity index (χ3v) is 6.26. The Bertz CT molecular complexity index is 312. The van der Waals surface area contributed by atoms with Crippen LogP contribution in [0.5, 0.6) is 0 Å². The fourth-order valence-corrected chi connectivity index (χ4v) is 5.03. The minimum atomic E-state index is 0.298. The molecule has 0 aromatic rings. The van der Waals surface area contributed by atoms with E-state index in [-0.39, 0.29) is 0 Å². The number of thiol groups is 1. The van der Waals surface area contributed by atoms with Gasteiger partial charge in [-0.1, -0.05) is 15.9 Å². The van der Waals surface area contributed by atoms with Crippen molar-refractivity contribution < 1.29 is 4.79 Å². The molecule has 2 rings (SSSR count). The molecule has 1 saturated carbocycles. The first-order chi connectivity index (χ1) is 8.49. The molecule has 4 heteroatoms. The first-order valence-corrected chi connectivity index (χ1v) is 8.50. The van der Waals surface area contributed by atoms with E-state index in [2.05, 4.69) is 28.2 Å². The molecule has 6 unspecified atom stereocenters. The average Bonchev–Trinajstić information content (AvgIpc) is 2.30. The summed E-state index contributed by atoms with van der Waals surface area (Å²) in [6, 6.07) is 1.12. The van der Waals surface area contributed by atoms with Gasteiger partial charge in [0.2, 0.25) is 0 Å². The Kier molecular flexibility index (Phi) is 5.18. The van der Waals surface area contributed by atoms with Crippen LogP contribution >= 0.6 is 28.6 Å². The van der Waals surface area contributed by atoms with Crippen LogP contribution in [0.2, 0.25) is 0 Å². The van der Waals surface area contributed by atoms with Gasteiger partial charge in [-0.15, -0.1) is 0 Å². The van der Waals surface area contributed by atoms with E-state index in [1.165, 1.54) is 19.3 Å². The van der Waals surface area contributed by atoms with Crippen LogP contribution in [0.15, 0.2) is 0 Å². The molecule has 2 aliphatic rings. The van der Waals surface area contributed by atoms with Crippen LogP contribution < -0.4 is 5.32 Å². The number of piperidine rings is 1. The van der Waals surface area contributed by atoms with E-state index >= 15 is 0 Å². The zero-order valence-corrected chi connectivity index (χ0v) is 13.7. The maximum Gasteiger partial charge on any atom is 0.129 e. The monoisotopic (exact) mass is 333 g/mol. The lowest BCUT2D eigenvalue weighted by Crippen LogP contribution is -2.58. The van der Waals surface area contributed by atoms with Crippen molar-refractivity contribution in [3.05, 3.63) is 0 Å². The summed E-state index contributed by atoms with van der Waals surface area (Å²) in [6.45, 7) is 3.94. The van der Waals surface area contributed by atoms with Gasteiger partial charge >= 0.3 is 0 Å². The molecule has 0 aromatic carbocycles. The number of carbonyl (C=O) groups excluding carboxylic acids is 1. The standard InChI is InChI=1S/C14H24BrNOS/c1-8(17)3-5-11-9(2)16-13-6-4-10(15)7-12(13)14(11)18/h9-14,16,18H,3-7H2,1-2H3. The van der Waals surface area contributed by atoms with E-state index in [1.807, 2.05) is 0 Å². The van der Waals surface area contributed by atoms with Gasteiger partial charge in [0.15, 0.2) is 0 Å². The van der Waals surface area contributed by atoms with Gasteiger partial charge in [-0.2, -0.15) is 12.6 Å². The molecule has 1 heterocycles. The van der Waals surface area contributed by atoms with E-state index in [1.54, 1.807) is 6.92 Å². The first-order valence-electron chi connectivity index (χ1n) is 7.06. The van der Waals surface area contributed by atoms with Crippen molar-refractivity contribution in [3.63, 3.8) is 0 Å². The average molecular weight is 334 g/mol. The third-order valence-electron chi connectivity index (χ3n) is 4.66. The topological polar surface area (TPSA) is 29.1 Å². The lowest BCUT2D eigenvalue weighted by molar-refractivity contribution is -0.117. The Balaban J connectivity index is 2.01. The highest BCUT2D eigenvalue weighted by molar-refractivity contribution is 9.09. The number of rotatable bonds is 3. The third kappa shape index (κ3) is 3.31. The highest BCUT2D eigenvalue weighted by Crippen LogP contribution is 2.41. The molecule has 18 heavy (non-hydrogen) atoms. The van der Waals surface area contributed by atoms with Gasteiger partial charge in [-0.3, -0.25) is 0 Å². The summed E-state index contributed by atoms with van der Waals surface area (Å²) in [5, 5.41) is 4.20. The summed E-state index contributed by atoms with van der Waals surface area (Å²) in [5.74, 6) is 1.47. The van der Waals surface area contributed by atoms with Crippen LogP contribution in [0.1, 0.15) is 46.0 Å². The lowest BCUT2D eigenvalue weighted by Gasteiger charge is -2.49. The van der Waals surface area contributed by atoms with Crippen LogP contribution in [0.3, 0.4) is 0 Å². The number of ketones is 1. The Morgan fingerprint density at radius 3 is 2.83 bits per heavy atom. The zero-order chi connectivity index (χ0) is 13.3. The van der Waals surface area contributed by atoms with Crippen LogP contribution in [-0.2, 0) is 4.79 Å². The Morgan fingerprint density at radius 2 is 2.17 bits per heavy atom. The quantitative estimate of drug-likeness (QED) is 0.613. The normalized spacial score (nSPS) is 44.4.